The highest BCUT2D eigenvalue weighted by atomic mass is 16.5. The molecule has 0 radical (unpaired) electrons. The average Bonchev–Trinajstić information content (AvgIpc) is 3.08. The fraction of sp³-hybridized carbons (Fsp3) is 0.217. The van der Waals surface area contributed by atoms with Crippen molar-refractivity contribution in [3.05, 3.63) is 78.0 Å². The van der Waals surface area contributed by atoms with Crippen LogP contribution in [0.1, 0.15) is 23.6 Å². The Morgan fingerprint density at radius 2 is 2.00 bits per heavy atom. The van der Waals surface area contributed by atoms with Crippen molar-refractivity contribution in [2.24, 2.45) is 0 Å². The molecule has 2 bridgehead atoms. The van der Waals surface area contributed by atoms with E-state index in [1.54, 1.807) is 6.20 Å². The van der Waals surface area contributed by atoms with E-state index in [4.69, 9.17) is 4.74 Å². The third-order valence-corrected chi connectivity index (χ3v) is 5.52. The number of para-hydroxylation sites is 1. The highest BCUT2D eigenvalue weighted by molar-refractivity contribution is 5.91. The lowest BCUT2D eigenvalue weighted by Crippen LogP contribution is -2.34. The van der Waals surface area contributed by atoms with Crippen LogP contribution in [-0.4, -0.2) is 28.6 Å². The normalized spacial score (nSPS) is 19.7. The van der Waals surface area contributed by atoms with E-state index in [0.29, 0.717) is 6.54 Å². The van der Waals surface area contributed by atoms with E-state index >= 15 is 0 Å². The first-order chi connectivity index (χ1) is 13.7. The maximum absolute atomic E-state index is 13.0. The molecule has 28 heavy (non-hydrogen) atoms. The smallest absolute Gasteiger partial charge is 0.322 e. The van der Waals surface area contributed by atoms with E-state index in [2.05, 4.69) is 10.3 Å². The van der Waals surface area contributed by atoms with Crippen molar-refractivity contribution in [3.8, 4) is 17.0 Å². The lowest BCUT2D eigenvalue weighted by Gasteiger charge is -2.26. The molecule has 2 atom stereocenters. The quantitative estimate of drug-likeness (QED) is 0.704. The summed E-state index contributed by atoms with van der Waals surface area (Å²) in [5.41, 5.74) is 4.90. The van der Waals surface area contributed by atoms with E-state index in [9.17, 15) is 4.79 Å². The van der Waals surface area contributed by atoms with E-state index in [-0.39, 0.29) is 18.2 Å². The van der Waals surface area contributed by atoms with Gasteiger partial charge in [-0.3, -0.25) is 4.98 Å². The number of anilines is 1. The first-order valence-corrected chi connectivity index (χ1v) is 9.54. The van der Waals surface area contributed by atoms with Crippen LogP contribution in [0.5, 0.6) is 5.75 Å². The number of aryl methyl sites for hydroxylation is 1. The molecule has 5 rings (SSSR count). The van der Waals surface area contributed by atoms with Crippen LogP contribution in [0.15, 0.2) is 66.9 Å². The summed E-state index contributed by atoms with van der Waals surface area (Å²) in [6.07, 6.45) is 2.69. The number of likely N-dealkylation sites (tertiary alicyclic amines) is 1. The number of hydrogen-bond acceptors (Lipinski definition) is 3. The van der Waals surface area contributed by atoms with Crippen LogP contribution >= 0.6 is 0 Å². The van der Waals surface area contributed by atoms with E-state index < -0.39 is 0 Å². The summed E-state index contributed by atoms with van der Waals surface area (Å²) in [6.45, 7) is 2.65. The minimum Gasteiger partial charge on any atom is -0.488 e. The molecule has 5 heteroatoms. The van der Waals surface area contributed by atoms with Gasteiger partial charge in [0.25, 0.3) is 0 Å². The second kappa shape index (κ2) is 6.68. The van der Waals surface area contributed by atoms with Crippen LogP contribution < -0.4 is 10.1 Å². The van der Waals surface area contributed by atoms with E-state index in [1.165, 1.54) is 0 Å². The molecule has 140 valence electrons. The van der Waals surface area contributed by atoms with Crippen molar-refractivity contribution in [1.82, 2.24) is 9.88 Å². The van der Waals surface area contributed by atoms with Crippen molar-refractivity contribution >= 4 is 11.7 Å². The molecule has 1 fully saturated rings. The van der Waals surface area contributed by atoms with Gasteiger partial charge in [0.05, 0.1) is 18.3 Å². The summed E-state index contributed by atoms with van der Waals surface area (Å²) in [7, 11) is 0. The van der Waals surface area contributed by atoms with Crippen molar-refractivity contribution in [3.63, 3.8) is 0 Å². The van der Waals surface area contributed by atoms with Crippen molar-refractivity contribution in [2.45, 2.75) is 25.5 Å². The number of fused-ring (bicyclic) bond motifs is 4. The standard InChI is InChI=1S/C23H21N3O2/c1-15-9-10-16(12-19(15)20-7-4-5-11-24-20)25-23(27)26-14-17-13-21(26)18-6-2-3-8-22(18)28-17/h2-12,17,21H,13-14H2,1H3,(H,25,27)/t17-,21-/m0/s1. The third-order valence-electron chi connectivity index (χ3n) is 5.52. The number of rotatable bonds is 2. The SMILES string of the molecule is Cc1ccc(NC(=O)N2C[C@@H]3C[C@H]2c2ccccc2O3)cc1-c1ccccn1. The number of aromatic nitrogens is 1. The van der Waals surface area contributed by atoms with Gasteiger partial charge >= 0.3 is 6.03 Å². The van der Waals surface area contributed by atoms with Gasteiger partial charge in [0.2, 0.25) is 0 Å². The highest BCUT2D eigenvalue weighted by Gasteiger charge is 2.42. The van der Waals surface area contributed by atoms with Gasteiger partial charge in [-0.15, -0.1) is 0 Å². The monoisotopic (exact) mass is 371 g/mol. The molecule has 0 spiro atoms. The average molecular weight is 371 g/mol. The van der Waals surface area contributed by atoms with Gasteiger partial charge < -0.3 is 15.0 Å². The molecule has 0 aliphatic carbocycles. The second-order valence-electron chi connectivity index (χ2n) is 7.36. The van der Waals surface area contributed by atoms with Gasteiger partial charge in [0.1, 0.15) is 11.9 Å². The van der Waals surface area contributed by atoms with Crippen molar-refractivity contribution in [2.75, 3.05) is 11.9 Å². The Kier molecular flexibility index (Phi) is 4.01. The minimum absolute atomic E-state index is 0.0627. The van der Waals surface area contributed by atoms with Gasteiger partial charge in [-0.1, -0.05) is 30.3 Å². The van der Waals surface area contributed by atoms with Gasteiger partial charge in [-0.2, -0.15) is 0 Å². The van der Waals surface area contributed by atoms with Crippen molar-refractivity contribution < 1.29 is 9.53 Å². The number of carbonyl (C=O) groups excluding carboxylic acids is 1. The number of benzene rings is 2. The zero-order valence-corrected chi connectivity index (χ0v) is 15.6. The third kappa shape index (κ3) is 2.89. The fourth-order valence-electron chi connectivity index (χ4n) is 4.14. The van der Waals surface area contributed by atoms with Gasteiger partial charge in [0, 0.05) is 29.4 Å². The Labute approximate surface area is 164 Å². The molecule has 3 heterocycles. The Bertz CT molecular complexity index is 1040. The number of urea groups is 1. The largest absolute Gasteiger partial charge is 0.488 e. The fourth-order valence-corrected chi connectivity index (χ4v) is 4.14. The number of carbonyl (C=O) groups is 1. The summed E-state index contributed by atoms with van der Waals surface area (Å²) in [4.78, 5) is 19.4. The number of nitrogens with zero attached hydrogens (tertiary/aromatic N) is 2. The molecule has 2 aliphatic rings. The number of nitrogens with one attached hydrogen (secondary N) is 1. The molecular weight excluding hydrogens is 350 g/mol. The van der Waals surface area contributed by atoms with Crippen LogP contribution in [-0.2, 0) is 0 Å². The minimum atomic E-state index is -0.0939. The first-order valence-electron chi connectivity index (χ1n) is 9.54. The molecule has 2 aromatic carbocycles. The van der Waals surface area contributed by atoms with Crippen LogP contribution in [0, 0.1) is 6.92 Å². The van der Waals surface area contributed by atoms with Crippen LogP contribution in [0.4, 0.5) is 10.5 Å². The highest BCUT2D eigenvalue weighted by Crippen LogP contribution is 2.43. The van der Waals surface area contributed by atoms with Crippen LogP contribution in [0.3, 0.4) is 0 Å². The summed E-state index contributed by atoms with van der Waals surface area (Å²) in [5, 5.41) is 3.07. The number of hydrogen-bond donors (Lipinski definition) is 1. The zero-order chi connectivity index (χ0) is 19.1. The Morgan fingerprint density at radius 1 is 1.14 bits per heavy atom. The maximum atomic E-state index is 13.0. The molecule has 0 saturated carbocycles. The van der Waals surface area contributed by atoms with Gasteiger partial charge in [-0.25, -0.2) is 4.79 Å². The van der Waals surface area contributed by atoms with Gasteiger partial charge in [-0.05, 0) is 42.8 Å². The lowest BCUT2D eigenvalue weighted by molar-refractivity contribution is 0.198. The zero-order valence-electron chi connectivity index (χ0n) is 15.6. The molecule has 0 unspecified atom stereocenters. The molecule has 3 aromatic rings. The lowest BCUT2D eigenvalue weighted by atomic mass is 10.0. The number of amides is 2. The van der Waals surface area contributed by atoms with Gasteiger partial charge in [0.15, 0.2) is 0 Å². The predicted octanol–water partition coefficient (Wildman–Crippen LogP) is 4.80. The van der Waals surface area contributed by atoms with E-state index in [0.717, 1.165) is 40.2 Å². The Balaban J connectivity index is 1.40. The molecule has 1 aromatic heterocycles. The molecule has 2 aliphatic heterocycles. The van der Waals surface area contributed by atoms with Crippen molar-refractivity contribution in [1.29, 1.82) is 0 Å². The predicted molar refractivity (Wildman–Crippen MR) is 108 cm³/mol. The second-order valence-corrected chi connectivity index (χ2v) is 7.36. The number of ether oxygens (including phenoxy) is 1. The maximum Gasteiger partial charge on any atom is 0.322 e. The Hall–Kier alpha value is -3.34. The molecule has 5 nitrogen and oxygen atoms in total. The van der Waals surface area contributed by atoms with Crippen LogP contribution in [0.2, 0.25) is 0 Å². The van der Waals surface area contributed by atoms with E-state index in [1.807, 2.05) is 72.5 Å². The summed E-state index contributed by atoms with van der Waals surface area (Å²) < 4.78 is 6.02. The summed E-state index contributed by atoms with van der Waals surface area (Å²) >= 11 is 0. The summed E-state index contributed by atoms with van der Waals surface area (Å²) in [5.74, 6) is 0.895. The summed E-state index contributed by atoms with van der Waals surface area (Å²) in [6, 6.07) is 19.8. The molecule has 1 N–H and O–H groups in total. The topological polar surface area (TPSA) is 54.5 Å². The first kappa shape index (κ1) is 16.8. The molecular formula is C23H21N3O2. The number of pyridine rings is 1. The molecule has 1 saturated heterocycles. The Morgan fingerprint density at radius 3 is 2.86 bits per heavy atom. The van der Waals surface area contributed by atoms with Crippen LogP contribution in [0.25, 0.3) is 11.3 Å². The molecule has 2 amide bonds.